The molecule has 3 heterocycles. The van der Waals surface area contributed by atoms with Gasteiger partial charge in [0, 0.05) is 50.2 Å². The van der Waals surface area contributed by atoms with Crippen LogP contribution in [0.4, 0.5) is 0 Å². The van der Waals surface area contributed by atoms with E-state index in [-0.39, 0.29) is 32.4 Å². The van der Waals surface area contributed by atoms with Crippen molar-refractivity contribution in [2.45, 2.75) is 37.5 Å². The Morgan fingerprint density at radius 2 is 1.17 bits per heavy atom. The van der Waals surface area contributed by atoms with E-state index in [0.717, 1.165) is 61.2 Å². The molecule has 0 aliphatic heterocycles. The van der Waals surface area contributed by atoms with E-state index in [2.05, 4.69) is 247 Å². The van der Waals surface area contributed by atoms with Crippen molar-refractivity contribution < 1.29 is 30.4 Å². The Kier molecular flexibility index (Phi) is 10.2. The molecule has 2 bridgehead atoms. The summed E-state index contributed by atoms with van der Waals surface area (Å²) in [6, 6.07) is 83.8. The molecule has 12 aromatic rings. The second-order valence-corrected chi connectivity index (χ2v) is 19.9. The van der Waals surface area contributed by atoms with Crippen molar-refractivity contribution in [1.29, 1.82) is 0 Å². The number of benzene rings is 9. The molecule has 5 nitrogen and oxygen atoms in total. The SMILES string of the molecule is CC(C)(C)c1ccnc(-n2c3[c-]c(Oc4[c-]c(-n5[c-][n+](-c6c(-c7ccccc7)cccc6C67c8ccccc8C(c8ccccc86)c6ccccc67)c6ccccc65)ccc4)ccc3c3ccccc32)c1.[Pt]. The largest absolute Gasteiger partial charge is 0.510 e. The zero-order valence-electron chi connectivity index (χ0n) is 39.9. The molecule has 348 valence electrons. The Morgan fingerprint density at radius 3 is 1.89 bits per heavy atom. The van der Waals surface area contributed by atoms with Gasteiger partial charge in [0.25, 0.3) is 6.33 Å². The summed E-state index contributed by atoms with van der Waals surface area (Å²) >= 11 is 0. The van der Waals surface area contributed by atoms with E-state index in [1.54, 1.807) is 0 Å². The smallest absolute Gasteiger partial charge is 0.268 e. The average molecular weight is 1110 g/mol. The second kappa shape index (κ2) is 16.8. The summed E-state index contributed by atoms with van der Waals surface area (Å²) in [6.07, 6.45) is 5.84. The molecule has 0 amide bonds. The van der Waals surface area contributed by atoms with E-state index in [1.165, 1.54) is 44.5 Å². The molecule has 3 aromatic heterocycles. The summed E-state index contributed by atoms with van der Waals surface area (Å²) in [5.41, 5.74) is 17.9. The van der Waals surface area contributed by atoms with E-state index < -0.39 is 5.41 Å². The molecule has 9 aromatic carbocycles. The summed E-state index contributed by atoms with van der Waals surface area (Å²) < 4.78 is 13.4. The number of aromatic nitrogens is 4. The summed E-state index contributed by atoms with van der Waals surface area (Å²) in [5.74, 6) is 2.15. The number of hydrogen-bond donors (Lipinski definition) is 0. The minimum Gasteiger partial charge on any atom is -0.510 e. The summed E-state index contributed by atoms with van der Waals surface area (Å²) in [5, 5.41) is 2.22. The molecule has 0 atom stereocenters. The third-order valence-electron chi connectivity index (χ3n) is 15.0. The number of para-hydroxylation sites is 4. The van der Waals surface area contributed by atoms with E-state index in [1.807, 2.05) is 24.4 Å². The third-order valence-corrected chi connectivity index (χ3v) is 15.0. The van der Waals surface area contributed by atoms with Gasteiger partial charge in [-0.05, 0) is 90.3 Å². The monoisotopic (exact) mass is 1110 g/mol. The first-order chi connectivity index (χ1) is 34.9. The minimum absolute atomic E-state index is 0. The Labute approximate surface area is 433 Å². The van der Waals surface area contributed by atoms with Crippen molar-refractivity contribution in [1.82, 2.24) is 14.1 Å². The maximum Gasteiger partial charge on any atom is 0.268 e. The Bertz CT molecular complexity index is 3990. The van der Waals surface area contributed by atoms with Gasteiger partial charge in [-0.25, -0.2) is 4.98 Å². The molecular formula is C66H46N4OPt-2. The summed E-state index contributed by atoms with van der Waals surface area (Å²) in [7, 11) is 0. The number of ether oxygens (including phenoxy) is 1. The molecule has 3 aliphatic carbocycles. The van der Waals surface area contributed by atoms with Crippen molar-refractivity contribution >= 4 is 32.8 Å². The molecule has 3 aliphatic rings. The van der Waals surface area contributed by atoms with Crippen molar-refractivity contribution in [3.05, 3.63) is 281 Å². The van der Waals surface area contributed by atoms with Gasteiger partial charge >= 0.3 is 0 Å². The van der Waals surface area contributed by atoms with Gasteiger partial charge in [0.15, 0.2) is 0 Å². The van der Waals surface area contributed by atoms with Crippen LogP contribution in [0.1, 0.15) is 71.2 Å². The summed E-state index contributed by atoms with van der Waals surface area (Å²) in [4.78, 5) is 4.89. The Balaban J connectivity index is 0.00000504. The van der Waals surface area contributed by atoms with Crippen LogP contribution in [-0.4, -0.2) is 14.1 Å². The number of imidazole rings is 1. The van der Waals surface area contributed by atoms with Crippen LogP contribution in [0.5, 0.6) is 11.5 Å². The van der Waals surface area contributed by atoms with Gasteiger partial charge in [0.2, 0.25) is 0 Å². The van der Waals surface area contributed by atoms with Crippen molar-refractivity contribution in [2.24, 2.45) is 0 Å². The Hall–Kier alpha value is -8.11. The molecule has 72 heavy (non-hydrogen) atoms. The first kappa shape index (κ1) is 43.9. The van der Waals surface area contributed by atoms with E-state index in [0.29, 0.717) is 11.5 Å². The minimum atomic E-state index is -0.628. The molecular weight excluding hydrogens is 1060 g/mol. The van der Waals surface area contributed by atoms with E-state index in [9.17, 15) is 0 Å². The molecule has 0 N–H and O–H groups in total. The zero-order valence-corrected chi connectivity index (χ0v) is 42.1. The molecule has 0 radical (unpaired) electrons. The van der Waals surface area contributed by atoms with Crippen LogP contribution < -0.4 is 9.30 Å². The Morgan fingerprint density at radius 1 is 0.556 bits per heavy atom. The van der Waals surface area contributed by atoms with Crippen LogP contribution in [0.25, 0.3) is 61.2 Å². The fraction of sp³-hybridized carbons (Fsp3) is 0.0909. The van der Waals surface area contributed by atoms with Gasteiger partial charge in [-0.1, -0.05) is 190 Å². The van der Waals surface area contributed by atoms with Crippen molar-refractivity contribution in [2.75, 3.05) is 0 Å². The van der Waals surface area contributed by atoms with Gasteiger partial charge in [-0.3, -0.25) is 4.57 Å². The van der Waals surface area contributed by atoms with Gasteiger partial charge in [0.1, 0.15) is 5.82 Å². The van der Waals surface area contributed by atoms with Crippen LogP contribution in [0, 0.1) is 18.5 Å². The number of nitrogens with zero attached hydrogens (tertiary/aromatic N) is 4. The van der Waals surface area contributed by atoms with Crippen LogP contribution in [0.3, 0.4) is 0 Å². The fourth-order valence-electron chi connectivity index (χ4n) is 11.9. The number of rotatable bonds is 7. The molecule has 0 saturated carbocycles. The van der Waals surface area contributed by atoms with Gasteiger partial charge in [-0.15, -0.1) is 29.7 Å². The maximum atomic E-state index is 6.75. The molecule has 0 saturated heterocycles. The third kappa shape index (κ3) is 6.50. The van der Waals surface area contributed by atoms with E-state index in [4.69, 9.17) is 9.72 Å². The van der Waals surface area contributed by atoms with Crippen LogP contribution >= 0.6 is 0 Å². The standard InChI is InChI=1S/C66H46N4O.Pt/c1-65(2,3)44-37-38-67-62(39-44)70-58-32-14-10-23-49(58)50-36-35-47(41-61(50)70)71-46-22-17-21-45(40-46)68-42-69(60-34-16-15-33-59(60)68)64-48(43-19-5-4-6-20-43)27-18-31-57(64)66-54-28-11-7-24-51(54)63(52-25-8-12-29-55(52)66)53-26-9-13-30-56(53)66;/h4-39,63H,1-3H3;/q-2;. The predicted molar refractivity (Wildman–Crippen MR) is 283 cm³/mol. The normalized spacial score (nSPS) is 15.5. The van der Waals surface area contributed by atoms with E-state index >= 15 is 0 Å². The first-order valence-corrected chi connectivity index (χ1v) is 24.4. The molecule has 0 spiro atoms. The number of pyridine rings is 1. The first-order valence-electron chi connectivity index (χ1n) is 24.4. The fourth-order valence-corrected chi connectivity index (χ4v) is 11.9. The van der Waals surface area contributed by atoms with Crippen LogP contribution in [0.15, 0.2) is 219 Å². The average Bonchev–Trinajstić information content (AvgIpc) is 3.97. The van der Waals surface area contributed by atoms with Gasteiger partial charge in [0.05, 0.1) is 22.1 Å². The quantitative estimate of drug-likeness (QED) is 0.118. The van der Waals surface area contributed by atoms with Gasteiger partial charge < -0.3 is 13.9 Å². The molecule has 0 fully saturated rings. The molecule has 15 rings (SSSR count). The van der Waals surface area contributed by atoms with Crippen molar-refractivity contribution in [3.8, 4) is 39.8 Å². The second-order valence-electron chi connectivity index (χ2n) is 19.9. The van der Waals surface area contributed by atoms with Crippen molar-refractivity contribution in [3.63, 3.8) is 0 Å². The number of hydrogen-bond acceptors (Lipinski definition) is 2. The topological polar surface area (TPSA) is 35.9 Å². The molecule has 0 unspecified atom stereocenters. The molecule has 6 heteroatoms. The number of fused-ring (bicyclic) bond motifs is 4. The van der Waals surface area contributed by atoms with Crippen LogP contribution in [-0.2, 0) is 31.9 Å². The maximum absolute atomic E-state index is 6.75. The van der Waals surface area contributed by atoms with Crippen LogP contribution in [0.2, 0.25) is 0 Å². The van der Waals surface area contributed by atoms with Gasteiger partial charge in [-0.2, -0.15) is 18.2 Å². The predicted octanol–water partition coefficient (Wildman–Crippen LogP) is 14.7. The zero-order chi connectivity index (χ0) is 47.4. The summed E-state index contributed by atoms with van der Waals surface area (Å²) in [6.45, 7) is 6.69.